The van der Waals surface area contributed by atoms with Crippen molar-refractivity contribution in [2.45, 2.75) is 20.3 Å². The summed E-state index contributed by atoms with van der Waals surface area (Å²) in [6.45, 7) is 4.56. The largest absolute Gasteiger partial charge is 0.327 e. The highest BCUT2D eigenvalue weighted by atomic mass is 35.5. The van der Waals surface area contributed by atoms with Crippen LogP contribution in [0.5, 0.6) is 0 Å². The van der Waals surface area contributed by atoms with Gasteiger partial charge in [0.15, 0.2) is 0 Å². The Morgan fingerprint density at radius 1 is 1.64 bits per heavy atom. The number of hydrogen-bond donors (Lipinski definition) is 1. The van der Waals surface area contributed by atoms with Crippen molar-refractivity contribution in [2.75, 3.05) is 6.54 Å². The van der Waals surface area contributed by atoms with E-state index in [-0.39, 0.29) is 0 Å². The molecular weight excluding hydrogens is 198 g/mol. The zero-order chi connectivity index (χ0) is 10.7. The highest BCUT2D eigenvalue weighted by Gasteiger charge is 2.10. The Hall–Kier alpha value is -0.800. The molecule has 0 aliphatic carbocycles. The highest BCUT2D eigenvalue weighted by molar-refractivity contribution is 6.32. The molecule has 0 radical (unpaired) electrons. The quantitative estimate of drug-likeness (QED) is 0.835. The van der Waals surface area contributed by atoms with Gasteiger partial charge in [-0.3, -0.25) is 4.68 Å². The molecule has 0 aliphatic heterocycles. The third-order valence-corrected chi connectivity index (χ3v) is 2.55. The van der Waals surface area contributed by atoms with Crippen LogP contribution in [0.4, 0.5) is 0 Å². The minimum absolute atomic E-state index is 0.545. The second-order valence-corrected chi connectivity index (χ2v) is 3.70. The van der Waals surface area contributed by atoms with Crippen molar-refractivity contribution in [2.24, 2.45) is 12.8 Å². The molecule has 3 nitrogen and oxygen atoms in total. The molecule has 0 spiro atoms. The Bertz CT molecular complexity index is 352. The summed E-state index contributed by atoms with van der Waals surface area (Å²) in [5, 5.41) is 5.05. The molecule has 0 atom stereocenters. The predicted octanol–water partition coefficient (Wildman–Crippen LogP) is 2.00. The molecule has 0 unspecified atom stereocenters. The zero-order valence-electron chi connectivity index (χ0n) is 8.84. The Kier molecular flexibility index (Phi) is 3.72. The van der Waals surface area contributed by atoms with Crippen molar-refractivity contribution in [1.82, 2.24) is 9.78 Å². The summed E-state index contributed by atoms with van der Waals surface area (Å²) in [4.78, 5) is 0. The Balaban J connectivity index is 3.14. The van der Waals surface area contributed by atoms with Crippen molar-refractivity contribution in [3.8, 4) is 0 Å². The molecule has 0 aromatic carbocycles. The summed E-state index contributed by atoms with van der Waals surface area (Å²) in [5.74, 6) is 0. The molecule has 14 heavy (non-hydrogen) atoms. The van der Waals surface area contributed by atoms with Crippen LogP contribution in [0, 0.1) is 0 Å². The van der Waals surface area contributed by atoms with Gasteiger partial charge in [-0.2, -0.15) is 5.10 Å². The predicted molar refractivity (Wildman–Crippen MR) is 60.3 cm³/mol. The number of nitrogens with two attached hydrogens (primary N) is 1. The number of hydrogen-bond acceptors (Lipinski definition) is 2. The van der Waals surface area contributed by atoms with Crippen LogP contribution in [0.15, 0.2) is 5.57 Å². The van der Waals surface area contributed by atoms with Gasteiger partial charge in [0.05, 0.1) is 16.4 Å². The monoisotopic (exact) mass is 213 g/mol. The van der Waals surface area contributed by atoms with Crippen LogP contribution in [0.2, 0.25) is 5.02 Å². The van der Waals surface area contributed by atoms with Gasteiger partial charge in [-0.05, 0) is 19.4 Å². The normalized spacial score (nSPS) is 12.2. The van der Waals surface area contributed by atoms with Gasteiger partial charge >= 0.3 is 0 Å². The van der Waals surface area contributed by atoms with Crippen LogP contribution in [-0.4, -0.2) is 16.3 Å². The zero-order valence-corrected chi connectivity index (χ0v) is 9.60. The van der Waals surface area contributed by atoms with Crippen LogP contribution in [-0.2, 0) is 13.5 Å². The summed E-state index contributed by atoms with van der Waals surface area (Å²) in [6, 6.07) is 0. The van der Waals surface area contributed by atoms with Gasteiger partial charge in [0.25, 0.3) is 0 Å². The van der Waals surface area contributed by atoms with Crippen LogP contribution < -0.4 is 5.73 Å². The van der Waals surface area contributed by atoms with E-state index in [2.05, 4.69) is 5.10 Å². The van der Waals surface area contributed by atoms with Gasteiger partial charge in [0.2, 0.25) is 0 Å². The Morgan fingerprint density at radius 2 is 2.29 bits per heavy atom. The van der Waals surface area contributed by atoms with Crippen molar-refractivity contribution < 1.29 is 0 Å². The molecule has 0 aliphatic rings. The van der Waals surface area contributed by atoms with Gasteiger partial charge in [-0.15, -0.1) is 0 Å². The Morgan fingerprint density at radius 3 is 2.71 bits per heavy atom. The lowest BCUT2D eigenvalue weighted by Gasteiger charge is -1.98. The first kappa shape index (κ1) is 11.3. The molecule has 0 amide bonds. The van der Waals surface area contributed by atoms with Gasteiger partial charge in [-0.25, -0.2) is 0 Å². The maximum atomic E-state index is 6.16. The van der Waals surface area contributed by atoms with Crippen molar-refractivity contribution in [3.63, 3.8) is 0 Å². The lowest BCUT2D eigenvalue weighted by atomic mass is 10.2. The van der Waals surface area contributed by atoms with Crippen molar-refractivity contribution in [1.29, 1.82) is 0 Å². The van der Waals surface area contributed by atoms with Gasteiger partial charge in [-0.1, -0.05) is 24.1 Å². The minimum atomic E-state index is 0.545. The summed E-state index contributed by atoms with van der Waals surface area (Å²) < 4.78 is 1.79. The lowest BCUT2D eigenvalue weighted by molar-refractivity contribution is 0.739. The molecule has 1 aromatic rings. The van der Waals surface area contributed by atoms with Crippen LogP contribution in [0.1, 0.15) is 25.2 Å². The fourth-order valence-corrected chi connectivity index (χ4v) is 1.59. The summed E-state index contributed by atoms with van der Waals surface area (Å²) in [7, 11) is 1.89. The number of aryl methyl sites for hydroxylation is 2. The fraction of sp³-hybridized carbons (Fsp3) is 0.500. The van der Waals surface area contributed by atoms with E-state index in [1.165, 1.54) is 0 Å². The van der Waals surface area contributed by atoms with E-state index in [4.69, 9.17) is 17.3 Å². The van der Waals surface area contributed by atoms with Crippen molar-refractivity contribution >= 4 is 17.7 Å². The first-order valence-electron chi connectivity index (χ1n) is 4.68. The summed E-state index contributed by atoms with van der Waals surface area (Å²) >= 11 is 6.16. The number of aromatic nitrogens is 2. The lowest BCUT2D eigenvalue weighted by Crippen LogP contribution is -2.01. The maximum Gasteiger partial charge on any atom is 0.0891 e. The molecule has 0 saturated heterocycles. The van der Waals surface area contributed by atoms with E-state index in [0.29, 0.717) is 6.54 Å². The van der Waals surface area contributed by atoms with Gasteiger partial charge in [0, 0.05) is 13.6 Å². The number of nitrogens with zero attached hydrogens (tertiary/aromatic N) is 2. The molecule has 1 rings (SSSR count). The molecule has 4 heteroatoms. The van der Waals surface area contributed by atoms with Gasteiger partial charge < -0.3 is 5.73 Å². The molecule has 0 saturated carbocycles. The van der Waals surface area contributed by atoms with E-state index in [0.717, 1.165) is 28.4 Å². The average molecular weight is 214 g/mol. The average Bonchev–Trinajstić information content (AvgIpc) is 2.44. The van der Waals surface area contributed by atoms with Crippen LogP contribution in [0.25, 0.3) is 6.08 Å². The molecule has 1 heterocycles. The third-order valence-electron chi connectivity index (χ3n) is 2.14. The topological polar surface area (TPSA) is 43.8 Å². The van der Waals surface area contributed by atoms with Gasteiger partial charge in [0.1, 0.15) is 0 Å². The molecule has 1 aromatic heterocycles. The Labute approximate surface area is 89.5 Å². The van der Waals surface area contributed by atoms with E-state index in [1.807, 2.05) is 27.0 Å². The minimum Gasteiger partial charge on any atom is -0.327 e. The van der Waals surface area contributed by atoms with E-state index < -0.39 is 0 Å². The number of halogens is 1. The van der Waals surface area contributed by atoms with E-state index >= 15 is 0 Å². The van der Waals surface area contributed by atoms with Crippen LogP contribution >= 0.6 is 11.6 Å². The molecule has 78 valence electrons. The highest BCUT2D eigenvalue weighted by Crippen LogP contribution is 2.22. The SMILES string of the molecule is CCc1nn(C)c(/C=C(/C)CN)c1Cl. The molecular formula is C10H16ClN3. The van der Waals surface area contributed by atoms with E-state index in [1.54, 1.807) is 4.68 Å². The maximum absolute atomic E-state index is 6.16. The summed E-state index contributed by atoms with van der Waals surface area (Å²) in [6.07, 6.45) is 2.83. The molecule has 0 fully saturated rings. The standard InChI is InChI=1S/C10H16ClN3/c1-4-8-10(11)9(14(3)13-8)5-7(2)6-12/h5H,4,6,12H2,1-3H3/b7-5-. The fourth-order valence-electron chi connectivity index (χ4n) is 1.24. The van der Waals surface area contributed by atoms with E-state index in [9.17, 15) is 0 Å². The molecule has 2 N–H and O–H groups in total. The summed E-state index contributed by atoms with van der Waals surface area (Å²) in [5.41, 5.74) is 8.49. The third kappa shape index (κ3) is 2.16. The van der Waals surface area contributed by atoms with Crippen LogP contribution in [0.3, 0.4) is 0 Å². The van der Waals surface area contributed by atoms with Crippen molar-refractivity contribution in [3.05, 3.63) is 22.0 Å². The first-order chi connectivity index (χ1) is 6.60. The second kappa shape index (κ2) is 4.62. The number of rotatable bonds is 3. The first-order valence-corrected chi connectivity index (χ1v) is 5.06. The molecule has 0 bridgehead atoms. The second-order valence-electron chi connectivity index (χ2n) is 3.32. The smallest absolute Gasteiger partial charge is 0.0891 e.